The molecule has 2 aromatic rings. The zero-order chi connectivity index (χ0) is 13.7. The summed E-state index contributed by atoms with van der Waals surface area (Å²) >= 11 is 3.39. The molecule has 0 radical (unpaired) electrons. The van der Waals surface area contributed by atoms with Gasteiger partial charge < -0.3 is 14.0 Å². The highest BCUT2D eigenvalue weighted by atomic mass is 79.9. The van der Waals surface area contributed by atoms with Crippen molar-refractivity contribution in [2.24, 2.45) is 0 Å². The molecule has 0 bridgehead atoms. The molecule has 19 heavy (non-hydrogen) atoms. The van der Waals surface area contributed by atoms with E-state index in [-0.39, 0.29) is 0 Å². The standard InChI is InChI=1S/C14H17BrN2O2/c1-3-18-13-6-5-12(7-14(13)19-4-2)17-9-11(8-15)16-10-17/h5-7,9-10H,3-4,8H2,1-2H3. The fourth-order valence-electron chi connectivity index (χ4n) is 1.77. The number of rotatable bonds is 6. The lowest BCUT2D eigenvalue weighted by Gasteiger charge is -2.12. The van der Waals surface area contributed by atoms with Crippen LogP contribution in [-0.4, -0.2) is 22.8 Å². The van der Waals surface area contributed by atoms with Crippen molar-refractivity contribution in [2.75, 3.05) is 13.2 Å². The highest BCUT2D eigenvalue weighted by molar-refractivity contribution is 9.08. The van der Waals surface area contributed by atoms with E-state index in [1.807, 2.05) is 42.8 Å². The van der Waals surface area contributed by atoms with Crippen molar-refractivity contribution in [2.45, 2.75) is 19.2 Å². The Labute approximate surface area is 121 Å². The van der Waals surface area contributed by atoms with Crippen molar-refractivity contribution in [3.8, 4) is 17.2 Å². The summed E-state index contributed by atoms with van der Waals surface area (Å²) in [7, 11) is 0. The van der Waals surface area contributed by atoms with Crippen molar-refractivity contribution in [3.63, 3.8) is 0 Å². The van der Waals surface area contributed by atoms with Crippen LogP contribution in [0.25, 0.3) is 5.69 Å². The smallest absolute Gasteiger partial charge is 0.163 e. The van der Waals surface area contributed by atoms with Crippen LogP contribution in [0.3, 0.4) is 0 Å². The molecule has 5 heteroatoms. The molecular weight excluding hydrogens is 308 g/mol. The maximum atomic E-state index is 5.62. The number of hydrogen-bond donors (Lipinski definition) is 0. The van der Waals surface area contributed by atoms with Crippen LogP contribution in [0, 0.1) is 0 Å². The number of hydrogen-bond acceptors (Lipinski definition) is 3. The first-order valence-electron chi connectivity index (χ1n) is 6.27. The first-order valence-corrected chi connectivity index (χ1v) is 7.39. The third kappa shape index (κ3) is 3.29. The number of benzene rings is 1. The monoisotopic (exact) mass is 324 g/mol. The summed E-state index contributed by atoms with van der Waals surface area (Å²) < 4.78 is 13.1. The van der Waals surface area contributed by atoms with E-state index in [2.05, 4.69) is 20.9 Å². The molecule has 0 aliphatic heterocycles. The maximum absolute atomic E-state index is 5.62. The van der Waals surface area contributed by atoms with Crippen molar-refractivity contribution in [1.82, 2.24) is 9.55 Å². The summed E-state index contributed by atoms with van der Waals surface area (Å²) in [5, 5.41) is 0.745. The van der Waals surface area contributed by atoms with Crippen LogP contribution in [0.5, 0.6) is 11.5 Å². The van der Waals surface area contributed by atoms with Crippen LogP contribution in [0.15, 0.2) is 30.7 Å². The Balaban J connectivity index is 2.33. The number of ether oxygens (including phenoxy) is 2. The number of halogens is 1. The highest BCUT2D eigenvalue weighted by Gasteiger charge is 2.07. The van der Waals surface area contributed by atoms with Gasteiger partial charge in [0.1, 0.15) is 0 Å². The van der Waals surface area contributed by atoms with Gasteiger partial charge in [0.15, 0.2) is 11.5 Å². The van der Waals surface area contributed by atoms with Gasteiger partial charge in [-0.2, -0.15) is 0 Å². The Kier molecular flexibility index (Phi) is 4.85. The summed E-state index contributed by atoms with van der Waals surface area (Å²) in [5.41, 5.74) is 2.00. The van der Waals surface area contributed by atoms with Crippen LogP contribution < -0.4 is 9.47 Å². The molecule has 4 nitrogen and oxygen atoms in total. The van der Waals surface area contributed by atoms with Gasteiger partial charge in [-0.25, -0.2) is 4.98 Å². The Morgan fingerprint density at radius 1 is 1.16 bits per heavy atom. The van der Waals surface area contributed by atoms with Crippen molar-refractivity contribution in [1.29, 1.82) is 0 Å². The van der Waals surface area contributed by atoms with Gasteiger partial charge in [-0.1, -0.05) is 15.9 Å². The van der Waals surface area contributed by atoms with Gasteiger partial charge in [-0.15, -0.1) is 0 Å². The lowest BCUT2D eigenvalue weighted by molar-refractivity contribution is 0.287. The average Bonchev–Trinajstić information content (AvgIpc) is 2.90. The Bertz CT molecular complexity index is 540. The van der Waals surface area contributed by atoms with Gasteiger partial charge in [0.2, 0.25) is 0 Å². The fraction of sp³-hybridized carbons (Fsp3) is 0.357. The van der Waals surface area contributed by atoms with E-state index in [4.69, 9.17) is 9.47 Å². The molecule has 0 saturated heterocycles. The first kappa shape index (κ1) is 13.9. The summed E-state index contributed by atoms with van der Waals surface area (Å²) in [5.74, 6) is 1.53. The molecule has 0 spiro atoms. The van der Waals surface area contributed by atoms with Crippen molar-refractivity contribution in [3.05, 3.63) is 36.4 Å². The van der Waals surface area contributed by atoms with Gasteiger partial charge in [0, 0.05) is 17.6 Å². The van der Waals surface area contributed by atoms with Crippen molar-refractivity contribution < 1.29 is 9.47 Å². The summed E-state index contributed by atoms with van der Waals surface area (Å²) in [6.45, 7) is 5.16. The molecule has 1 heterocycles. The van der Waals surface area contributed by atoms with Crippen LogP contribution in [0.2, 0.25) is 0 Å². The highest BCUT2D eigenvalue weighted by Crippen LogP contribution is 2.30. The Morgan fingerprint density at radius 3 is 2.53 bits per heavy atom. The molecule has 0 amide bonds. The summed E-state index contributed by atoms with van der Waals surface area (Å²) in [6, 6.07) is 5.89. The molecule has 0 atom stereocenters. The molecule has 2 rings (SSSR count). The normalized spacial score (nSPS) is 10.5. The second-order valence-corrected chi connectivity index (χ2v) is 4.46. The number of nitrogens with zero attached hydrogens (tertiary/aromatic N) is 2. The van der Waals surface area contributed by atoms with Crippen LogP contribution >= 0.6 is 15.9 Å². The minimum atomic E-state index is 0.611. The van der Waals surface area contributed by atoms with Gasteiger partial charge >= 0.3 is 0 Å². The second kappa shape index (κ2) is 6.61. The number of alkyl halides is 1. The number of aromatic nitrogens is 2. The van der Waals surface area contributed by atoms with Crippen LogP contribution in [0.1, 0.15) is 19.5 Å². The zero-order valence-electron chi connectivity index (χ0n) is 11.1. The Hall–Kier alpha value is -1.49. The SMILES string of the molecule is CCOc1ccc(-n2cnc(CBr)c2)cc1OCC. The molecule has 1 aromatic carbocycles. The topological polar surface area (TPSA) is 36.3 Å². The Morgan fingerprint density at radius 2 is 1.89 bits per heavy atom. The fourth-order valence-corrected chi connectivity index (χ4v) is 2.06. The largest absolute Gasteiger partial charge is 0.490 e. The average molecular weight is 325 g/mol. The van der Waals surface area contributed by atoms with E-state index in [1.165, 1.54) is 0 Å². The zero-order valence-corrected chi connectivity index (χ0v) is 12.7. The van der Waals surface area contributed by atoms with E-state index in [0.29, 0.717) is 13.2 Å². The van der Waals surface area contributed by atoms with E-state index in [0.717, 1.165) is 28.2 Å². The first-order chi connectivity index (χ1) is 9.28. The third-order valence-corrected chi connectivity index (χ3v) is 3.17. The summed E-state index contributed by atoms with van der Waals surface area (Å²) in [6.07, 6.45) is 3.78. The second-order valence-electron chi connectivity index (χ2n) is 3.90. The van der Waals surface area contributed by atoms with Crippen LogP contribution in [0.4, 0.5) is 0 Å². The van der Waals surface area contributed by atoms with Gasteiger partial charge in [0.25, 0.3) is 0 Å². The quantitative estimate of drug-likeness (QED) is 0.762. The van der Waals surface area contributed by atoms with Crippen LogP contribution in [-0.2, 0) is 5.33 Å². The molecule has 0 saturated carbocycles. The van der Waals surface area contributed by atoms with Gasteiger partial charge in [-0.3, -0.25) is 0 Å². The molecular formula is C14H17BrN2O2. The van der Waals surface area contributed by atoms with Crippen molar-refractivity contribution >= 4 is 15.9 Å². The van der Waals surface area contributed by atoms with E-state index >= 15 is 0 Å². The molecule has 0 N–H and O–H groups in total. The van der Waals surface area contributed by atoms with E-state index in [9.17, 15) is 0 Å². The molecule has 0 aliphatic rings. The molecule has 0 unspecified atom stereocenters. The summed E-state index contributed by atoms with van der Waals surface area (Å²) in [4.78, 5) is 4.29. The molecule has 0 fully saturated rings. The number of imidazole rings is 1. The van der Waals surface area contributed by atoms with E-state index < -0.39 is 0 Å². The molecule has 102 valence electrons. The predicted molar refractivity (Wildman–Crippen MR) is 78.5 cm³/mol. The molecule has 1 aromatic heterocycles. The predicted octanol–water partition coefficient (Wildman–Crippen LogP) is 3.56. The van der Waals surface area contributed by atoms with E-state index in [1.54, 1.807) is 6.33 Å². The minimum Gasteiger partial charge on any atom is -0.490 e. The van der Waals surface area contributed by atoms with Gasteiger partial charge in [-0.05, 0) is 26.0 Å². The van der Waals surface area contributed by atoms with Gasteiger partial charge in [0.05, 0.1) is 30.9 Å². The lowest BCUT2D eigenvalue weighted by Crippen LogP contribution is -2.00. The maximum Gasteiger partial charge on any atom is 0.163 e. The molecule has 0 aliphatic carbocycles. The minimum absolute atomic E-state index is 0.611. The lowest BCUT2D eigenvalue weighted by atomic mass is 10.2. The third-order valence-electron chi connectivity index (χ3n) is 2.60.